The second kappa shape index (κ2) is 9.86. The molecule has 0 bridgehead atoms. The first-order chi connectivity index (χ1) is 11.0. The number of benzene rings is 2. The molecule has 0 saturated carbocycles. The van der Waals surface area contributed by atoms with E-state index in [1.165, 1.54) is 12.1 Å². The van der Waals surface area contributed by atoms with E-state index in [2.05, 4.69) is 10.0 Å². The van der Waals surface area contributed by atoms with Crippen molar-refractivity contribution in [2.24, 2.45) is 0 Å². The van der Waals surface area contributed by atoms with Crippen LogP contribution in [0, 0.1) is 0 Å². The van der Waals surface area contributed by atoms with E-state index in [1.54, 1.807) is 36.4 Å². The fourth-order valence-corrected chi connectivity index (χ4v) is 3.16. The Kier molecular flexibility index (Phi) is 8.52. The molecule has 0 aliphatic carbocycles. The zero-order valence-electron chi connectivity index (χ0n) is 13.2. The third-order valence-corrected chi connectivity index (χ3v) is 4.77. The number of ether oxygens (including phenoxy) is 1. The first-order valence-corrected chi connectivity index (χ1v) is 9.05. The van der Waals surface area contributed by atoms with Crippen molar-refractivity contribution in [1.29, 1.82) is 0 Å². The molecule has 0 saturated heterocycles. The van der Waals surface area contributed by atoms with Crippen LogP contribution in [0.3, 0.4) is 0 Å². The first-order valence-electron chi connectivity index (χ1n) is 7.19. The molecule has 2 rings (SSSR count). The molecular weight excluding hydrogens is 371 g/mol. The predicted octanol–water partition coefficient (Wildman–Crippen LogP) is 3.44. The van der Waals surface area contributed by atoms with Gasteiger partial charge in [0, 0.05) is 11.6 Å². The summed E-state index contributed by atoms with van der Waals surface area (Å²) >= 11 is 5.90. The number of rotatable bonds is 8. The Bertz CT molecular complexity index is 737. The summed E-state index contributed by atoms with van der Waals surface area (Å²) in [6, 6.07) is 13.3. The van der Waals surface area contributed by atoms with Gasteiger partial charge in [-0.3, -0.25) is 0 Å². The molecule has 0 fully saturated rings. The maximum Gasteiger partial charge on any atom is 0.240 e. The average molecular weight is 391 g/mol. The fraction of sp³-hybridized carbons (Fsp3) is 0.250. The van der Waals surface area contributed by atoms with Crippen molar-refractivity contribution in [1.82, 2.24) is 10.0 Å². The van der Waals surface area contributed by atoms with Crippen LogP contribution in [0.15, 0.2) is 53.4 Å². The highest BCUT2D eigenvalue weighted by atomic mass is 35.5. The summed E-state index contributed by atoms with van der Waals surface area (Å²) in [4.78, 5) is 0.209. The summed E-state index contributed by atoms with van der Waals surface area (Å²) in [6.45, 7) is 1.15. The van der Waals surface area contributed by atoms with Crippen LogP contribution >= 0.6 is 24.0 Å². The summed E-state index contributed by atoms with van der Waals surface area (Å²) < 4.78 is 32.4. The van der Waals surface area contributed by atoms with Crippen LogP contribution < -0.4 is 14.8 Å². The van der Waals surface area contributed by atoms with Gasteiger partial charge in [-0.25, -0.2) is 13.1 Å². The standard InChI is InChI=1S/C16H19ClN2O3S.ClH/c1-18-10-3-11-19-23(20,21)16-8-6-14(7-9-16)22-15-5-2-4-13(17)12-15;/h2,4-9,12,18-19H,3,10-11H2,1H3;1H. The number of hydrogen-bond donors (Lipinski definition) is 2. The van der Waals surface area contributed by atoms with Gasteiger partial charge in [-0.15, -0.1) is 12.4 Å². The second-order valence-corrected chi connectivity index (χ2v) is 7.09. The lowest BCUT2D eigenvalue weighted by Crippen LogP contribution is -2.26. The maximum atomic E-state index is 12.1. The van der Waals surface area contributed by atoms with Crippen LogP contribution in [0.1, 0.15) is 6.42 Å². The topological polar surface area (TPSA) is 67.4 Å². The maximum absolute atomic E-state index is 12.1. The van der Waals surface area contributed by atoms with Crippen molar-refractivity contribution in [3.8, 4) is 11.5 Å². The number of nitrogens with one attached hydrogen (secondary N) is 2. The monoisotopic (exact) mass is 390 g/mol. The Morgan fingerprint density at radius 1 is 1.04 bits per heavy atom. The molecule has 0 aromatic heterocycles. The molecule has 0 radical (unpaired) electrons. The Morgan fingerprint density at radius 2 is 1.75 bits per heavy atom. The van der Waals surface area contributed by atoms with Crippen LogP contribution in [-0.2, 0) is 10.0 Å². The van der Waals surface area contributed by atoms with Crippen molar-refractivity contribution < 1.29 is 13.2 Å². The number of sulfonamides is 1. The van der Waals surface area contributed by atoms with Gasteiger partial charge in [0.25, 0.3) is 0 Å². The lowest BCUT2D eigenvalue weighted by atomic mass is 10.3. The minimum atomic E-state index is -3.49. The molecule has 2 aromatic carbocycles. The van der Waals surface area contributed by atoms with Crippen LogP contribution in [0.2, 0.25) is 5.02 Å². The van der Waals surface area contributed by atoms with Gasteiger partial charge in [0.15, 0.2) is 0 Å². The van der Waals surface area contributed by atoms with Crippen molar-refractivity contribution in [3.05, 3.63) is 53.6 Å². The molecule has 24 heavy (non-hydrogen) atoms. The van der Waals surface area contributed by atoms with Crippen molar-refractivity contribution in [2.45, 2.75) is 11.3 Å². The predicted molar refractivity (Wildman–Crippen MR) is 98.9 cm³/mol. The van der Waals surface area contributed by atoms with Gasteiger partial charge in [-0.05, 0) is 62.5 Å². The van der Waals surface area contributed by atoms with Gasteiger partial charge < -0.3 is 10.1 Å². The largest absolute Gasteiger partial charge is 0.457 e. The van der Waals surface area contributed by atoms with E-state index >= 15 is 0 Å². The molecular formula is C16H20Cl2N2O3S. The molecule has 132 valence electrons. The molecule has 8 heteroatoms. The molecule has 0 aliphatic rings. The fourth-order valence-electron chi connectivity index (χ4n) is 1.91. The van der Waals surface area contributed by atoms with Gasteiger partial charge in [0.1, 0.15) is 11.5 Å². The summed E-state index contributed by atoms with van der Waals surface area (Å²) in [6.07, 6.45) is 0.728. The molecule has 2 N–H and O–H groups in total. The lowest BCUT2D eigenvalue weighted by molar-refractivity contribution is 0.482. The van der Waals surface area contributed by atoms with Gasteiger partial charge in [-0.2, -0.15) is 0 Å². The van der Waals surface area contributed by atoms with Gasteiger partial charge in [0.05, 0.1) is 4.90 Å². The first kappa shape index (κ1) is 20.7. The van der Waals surface area contributed by atoms with E-state index in [1.807, 2.05) is 7.05 Å². The minimum Gasteiger partial charge on any atom is -0.457 e. The molecule has 5 nitrogen and oxygen atoms in total. The molecule has 0 atom stereocenters. The van der Waals surface area contributed by atoms with Crippen molar-refractivity contribution in [3.63, 3.8) is 0 Å². The Balaban J connectivity index is 0.00000288. The third-order valence-electron chi connectivity index (χ3n) is 3.06. The van der Waals surface area contributed by atoms with E-state index < -0.39 is 10.0 Å². The van der Waals surface area contributed by atoms with Crippen LogP contribution in [0.4, 0.5) is 0 Å². The highest BCUT2D eigenvalue weighted by Gasteiger charge is 2.13. The third kappa shape index (κ3) is 6.30. The Labute approximate surface area is 153 Å². The zero-order chi connectivity index (χ0) is 16.7. The van der Waals surface area contributed by atoms with E-state index in [-0.39, 0.29) is 17.3 Å². The van der Waals surface area contributed by atoms with Crippen molar-refractivity contribution >= 4 is 34.0 Å². The SMILES string of the molecule is CNCCCNS(=O)(=O)c1ccc(Oc2cccc(Cl)c2)cc1.Cl. The zero-order valence-corrected chi connectivity index (χ0v) is 15.5. The van der Waals surface area contributed by atoms with Crippen LogP contribution in [0.5, 0.6) is 11.5 Å². The summed E-state index contributed by atoms with van der Waals surface area (Å²) in [7, 11) is -1.66. The average Bonchev–Trinajstić information content (AvgIpc) is 2.52. The lowest BCUT2D eigenvalue weighted by Gasteiger charge is -2.09. The molecule has 0 unspecified atom stereocenters. The van der Waals surface area contributed by atoms with Gasteiger partial charge in [-0.1, -0.05) is 17.7 Å². The van der Waals surface area contributed by atoms with E-state index in [0.717, 1.165) is 13.0 Å². The summed E-state index contributed by atoms with van der Waals surface area (Å²) in [5.74, 6) is 1.14. The highest BCUT2D eigenvalue weighted by molar-refractivity contribution is 7.89. The Hall–Kier alpha value is -1.31. The summed E-state index contributed by atoms with van der Waals surface area (Å²) in [5.41, 5.74) is 0. The van der Waals surface area contributed by atoms with E-state index in [9.17, 15) is 8.42 Å². The van der Waals surface area contributed by atoms with Gasteiger partial charge >= 0.3 is 0 Å². The number of halogens is 2. The summed E-state index contributed by atoms with van der Waals surface area (Å²) in [5, 5.41) is 3.54. The highest BCUT2D eigenvalue weighted by Crippen LogP contribution is 2.25. The van der Waals surface area contributed by atoms with Gasteiger partial charge in [0.2, 0.25) is 10.0 Å². The second-order valence-electron chi connectivity index (χ2n) is 4.89. The van der Waals surface area contributed by atoms with Crippen LogP contribution in [-0.4, -0.2) is 28.6 Å². The minimum absolute atomic E-state index is 0. The quantitative estimate of drug-likeness (QED) is 0.677. The molecule has 0 aliphatic heterocycles. The smallest absolute Gasteiger partial charge is 0.240 e. The molecule has 0 spiro atoms. The normalized spacial score (nSPS) is 10.9. The Morgan fingerprint density at radius 3 is 2.38 bits per heavy atom. The van der Waals surface area contributed by atoms with Crippen LogP contribution in [0.25, 0.3) is 0 Å². The van der Waals surface area contributed by atoms with E-state index in [4.69, 9.17) is 16.3 Å². The molecule has 0 amide bonds. The molecule has 2 aromatic rings. The molecule has 0 heterocycles. The number of hydrogen-bond acceptors (Lipinski definition) is 4. The van der Waals surface area contributed by atoms with E-state index in [0.29, 0.717) is 23.1 Å². The van der Waals surface area contributed by atoms with Crippen molar-refractivity contribution in [2.75, 3.05) is 20.1 Å².